The standard InChI is InChI=1S/C17H19N3O3/c1-23-16-10-12(2-5-15(16)21)11-20(14-3-4-14)17(22)19-13-6-8-18-9-7-13/h2,5-10,14,21H,3-4,11H2,1H3,(H,18,19,22). The Hall–Kier alpha value is -2.76. The van der Waals surface area contributed by atoms with Crippen LogP contribution in [0.3, 0.4) is 0 Å². The van der Waals surface area contributed by atoms with Crippen LogP contribution >= 0.6 is 0 Å². The summed E-state index contributed by atoms with van der Waals surface area (Å²) >= 11 is 0. The highest BCUT2D eigenvalue weighted by atomic mass is 16.5. The molecule has 6 nitrogen and oxygen atoms in total. The number of nitrogens with one attached hydrogen (secondary N) is 1. The number of benzene rings is 1. The first-order chi connectivity index (χ1) is 11.2. The maximum Gasteiger partial charge on any atom is 0.322 e. The van der Waals surface area contributed by atoms with E-state index in [1.54, 1.807) is 42.7 Å². The number of rotatable bonds is 5. The molecule has 0 spiro atoms. The molecule has 1 aromatic heterocycles. The van der Waals surface area contributed by atoms with Gasteiger partial charge in [-0.15, -0.1) is 0 Å². The second-order valence-corrected chi connectivity index (χ2v) is 5.53. The van der Waals surface area contributed by atoms with Crippen LogP contribution < -0.4 is 10.1 Å². The number of aromatic hydroxyl groups is 1. The van der Waals surface area contributed by atoms with E-state index in [2.05, 4.69) is 10.3 Å². The van der Waals surface area contributed by atoms with Gasteiger partial charge in [-0.2, -0.15) is 0 Å². The molecule has 0 atom stereocenters. The molecule has 2 N–H and O–H groups in total. The third-order valence-corrected chi connectivity index (χ3v) is 3.78. The molecule has 0 bridgehead atoms. The molecule has 120 valence electrons. The monoisotopic (exact) mass is 313 g/mol. The molecule has 1 aliphatic carbocycles. The zero-order valence-electron chi connectivity index (χ0n) is 12.9. The van der Waals surface area contributed by atoms with E-state index in [-0.39, 0.29) is 17.8 Å². The van der Waals surface area contributed by atoms with E-state index in [0.29, 0.717) is 12.3 Å². The minimum atomic E-state index is -0.134. The normalized spacial score (nSPS) is 13.4. The lowest BCUT2D eigenvalue weighted by Crippen LogP contribution is -2.36. The van der Waals surface area contributed by atoms with Gasteiger partial charge >= 0.3 is 6.03 Å². The molecule has 0 radical (unpaired) electrons. The molecule has 6 heteroatoms. The number of ether oxygens (including phenoxy) is 1. The molecule has 0 unspecified atom stereocenters. The van der Waals surface area contributed by atoms with Gasteiger partial charge in [0.15, 0.2) is 11.5 Å². The lowest BCUT2D eigenvalue weighted by molar-refractivity contribution is 0.206. The van der Waals surface area contributed by atoms with Crippen molar-refractivity contribution in [3.05, 3.63) is 48.3 Å². The van der Waals surface area contributed by atoms with E-state index in [1.165, 1.54) is 7.11 Å². The number of carbonyl (C=O) groups excluding carboxylic acids is 1. The van der Waals surface area contributed by atoms with Gasteiger partial charge in [-0.3, -0.25) is 4.98 Å². The van der Waals surface area contributed by atoms with E-state index in [9.17, 15) is 9.90 Å². The van der Waals surface area contributed by atoms with Crippen LogP contribution in [0, 0.1) is 0 Å². The molecular formula is C17H19N3O3. The van der Waals surface area contributed by atoms with Gasteiger partial charge in [0.2, 0.25) is 0 Å². The molecule has 0 aliphatic heterocycles. The van der Waals surface area contributed by atoms with Gasteiger partial charge in [-0.1, -0.05) is 6.07 Å². The SMILES string of the molecule is COc1cc(CN(C(=O)Nc2ccncc2)C2CC2)ccc1O. The van der Waals surface area contributed by atoms with Crippen LogP contribution in [0.4, 0.5) is 10.5 Å². The number of nitrogens with zero attached hydrogens (tertiary/aromatic N) is 2. The first-order valence-electron chi connectivity index (χ1n) is 7.51. The van der Waals surface area contributed by atoms with E-state index < -0.39 is 0 Å². The van der Waals surface area contributed by atoms with Crippen molar-refractivity contribution >= 4 is 11.7 Å². The van der Waals surface area contributed by atoms with Crippen LogP contribution in [-0.4, -0.2) is 34.2 Å². The molecule has 23 heavy (non-hydrogen) atoms. The van der Waals surface area contributed by atoms with Crippen LogP contribution in [0.5, 0.6) is 11.5 Å². The van der Waals surface area contributed by atoms with E-state index in [4.69, 9.17) is 4.74 Å². The third kappa shape index (κ3) is 3.71. The average Bonchev–Trinajstić information content (AvgIpc) is 3.39. The lowest BCUT2D eigenvalue weighted by atomic mass is 10.2. The van der Waals surface area contributed by atoms with Crippen molar-refractivity contribution in [1.82, 2.24) is 9.88 Å². The summed E-state index contributed by atoms with van der Waals surface area (Å²) in [6.07, 6.45) is 5.31. The van der Waals surface area contributed by atoms with Gasteiger partial charge in [0.05, 0.1) is 7.11 Å². The highest BCUT2D eigenvalue weighted by Gasteiger charge is 2.32. The molecule has 1 saturated carbocycles. The summed E-state index contributed by atoms with van der Waals surface area (Å²) in [6, 6.07) is 8.78. The predicted octanol–water partition coefficient (Wildman–Crippen LogP) is 2.99. The number of methoxy groups -OCH3 is 1. The third-order valence-electron chi connectivity index (χ3n) is 3.78. The highest BCUT2D eigenvalue weighted by molar-refractivity contribution is 5.89. The van der Waals surface area contributed by atoms with Crippen molar-refractivity contribution in [1.29, 1.82) is 0 Å². The highest BCUT2D eigenvalue weighted by Crippen LogP contribution is 2.31. The van der Waals surface area contributed by atoms with E-state index in [0.717, 1.165) is 24.1 Å². The summed E-state index contributed by atoms with van der Waals surface area (Å²) in [4.78, 5) is 18.3. The zero-order chi connectivity index (χ0) is 16.2. The van der Waals surface area contributed by atoms with Crippen molar-refractivity contribution < 1.29 is 14.6 Å². The van der Waals surface area contributed by atoms with Gasteiger partial charge in [0.1, 0.15) is 0 Å². The summed E-state index contributed by atoms with van der Waals surface area (Å²) in [5.74, 6) is 0.503. The van der Waals surface area contributed by atoms with Crippen molar-refractivity contribution in [2.24, 2.45) is 0 Å². The minimum absolute atomic E-state index is 0.0930. The van der Waals surface area contributed by atoms with E-state index >= 15 is 0 Å². The fourth-order valence-corrected chi connectivity index (χ4v) is 2.40. The number of phenols is 1. The average molecular weight is 313 g/mol. The number of anilines is 1. The minimum Gasteiger partial charge on any atom is -0.504 e. The Labute approximate surface area is 134 Å². The quantitative estimate of drug-likeness (QED) is 0.890. The van der Waals surface area contributed by atoms with Crippen LogP contribution in [0.25, 0.3) is 0 Å². The summed E-state index contributed by atoms with van der Waals surface area (Å²) in [5, 5.41) is 12.6. The number of aromatic nitrogens is 1. The maximum absolute atomic E-state index is 12.5. The molecule has 1 heterocycles. The Bertz CT molecular complexity index is 687. The first kappa shape index (κ1) is 15.1. The molecule has 2 amide bonds. The fraction of sp³-hybridized carbons (Fsp3) is 0.294. The smallest absolute Gasteiger partial charge is 0.322 e. The Morgan fingerprint density at radius 1 is 1.35 bits per heavy atom. The zero-order valence-corrected chi connectivity index (χ0v) is 12.9. The summed E-state index contributed by atoms with van der Waals surface area (Å²) < 4.78 is 5.12. The van der Waals surface area contributed by atoms with Crippen molar-refractivity contribution in [3.63, 3.8) is 0 Å². The molecular weight excluding hydrogens is 294 g/mol. The van der Waals surface area contributed by atoms with Gasteiger partial charge in [0, 0.05) is 30.7 Å². The molecule has 1 aliphatic rings. The van der Waals surface area contributed by atoms with Gasteiger partial charge < -0.3 is 20.1 Å². The number of phenolic OH excluding ortho intramolecular Hbond substituents is 1. The number of urea groups is 1. The van der Waals surface area contributed by atoms with Gasteiger partial charge in [-0.05, 0) is 42.7 Å². The van der Waals surface area contributed by atoms with Gasteiger partial charge in [0.25, 0.3) is 0 Å². The number of pyridine rings is 1. The fourth-order valence-electron chi connectivity index (χ4n) is 2.40. The van der Waals surface area contributed by atoms with Crippen molar-refractivity contribution in [3.8, 4) is 11.5 Å². The Morgan fingerprint density at radius 2 is 2.09 bits per heavy atom. The summed E-state index contributed by atoms with van der Waals surface area (Å²) in [6.45, 7) is 0.470. The summed E-state index contributed by atoms with van der Waals surface area (Å²) in [5.41, 5.74) is 1.63. The largest absolute Gasteiger partial charge is 0.504 e. The lowest BCUT2D eigenvalue weighted by Gasteiger charge is -2.23. The van der Waals surface area contributed by atoms with Crippen molar-refractivity contribution in [2.75, 3.05) is 12.4 Å². The second kappa shape index (κ2) is 6.56. The molecule has 1 aromatic carbocycles. The molecule has 0 saturated heterocycles. The van der Waals surface area contributed by atoms with Crippen molar-refractivity contribution in [2.45, 2.75) is 25.4 Å². The number of amides is 2. The molecule has 2 aromatic rings. The molecule has 3 rings (SSSR count). The number of hydrogen-bond donors (Lipinski definition) is 2. The Kier molecular flexibility index (Phi) is 4.32. The van der Waals surface area contributed by atoms with Crippen LogP contribution in [0.15, 0.2) is 42.7 Å². The maximum atomic E-state index is 12.5. The van der Waals surface area contributed by atoms with Crippen LogP contribution in [0.1, 0.15) is 18.4 Å². The second-order valence-electron chi connectivity index (χ2n) is 5.53. The summed E-state index contributed by atoms with van der Waals surface area (Å²) in [7, 11) is 1.51. The topological polar surface area (TPSA) is 74.7 Å². The number of carbonyl (C=O) groups is 1. The predicted molar refractivity (Wildman–Crippen MR) is 86.5 cm³/mol. The Morgan fingerprint density at radius 3 is 2.74 bits per heavy atom. The van der Waals surface area contributed by atoms with Crippen LogP contribution in [0.2, 0.25) is 0 Å². The first-order valence-corrected chi connectivity index (χ1v) is 7.51. The van der Waals surface area contributed by atoms with Crippen LogP contribution in [-0.2, 0) is 6.54 Å². The van der Waals surface area contributed by atoms with E-state index in [1.807, 2.05) is 4.90 Å². The van der Waals surface area contributed by atoms with Gasteiger partial charge in [-0.25, -0.2) is 4.79 Å². The Balaban J connectivity index is 1.73. The molecule has 1 fully saturated rings. The number of hydrogen-bond acceptors (Lipinski definition) is 4.